The number of thioether (sulfide) groups is 1. The van der Waals surface area contributed by atoms with Crippen LogP contribution in [0.2, 0.25) is 0 Å². The van der Waals surface area contributed by atoms with Crippen LogP contribution >= 0.6 is 11.8 Å². The van der Waals surface area contributed by atoms with E-state index in [-0.39, 0.29) is 0 Å². The molecule has 0 bridgehead atoms. The molecule has 1 fully saturated rings. The van der Waals surface area contributed by atoms with E-state index in [1.807, 2.05) is 11.8 Å². The van der Waals surface area contributed by atoms with Crippen molar-refractivity contribution in [1.82, 2.24) is 5.32 Å². The van der Waals surface area contributed by atoms with Crippen LogP contribution in [0.3, 0.4) is 0 Å². The van der Waals surface area contributed by atoms with Crippen molar-refractivity contribution < 1.29 is 0 Å². The summed E-state index contributed by atoms with van der Waals surface area (Å²) in [7, 11) is 0. The van der Waals surface area contributed by atoms with Gasteiger partial charge in [0, 0.05) is 29.2 Å². The number of rotatable bonds is 3. The van der Waals surface area contributed by atoms with Crippen LogP contribution < -0.4 is 5.32 Å². The van der Waals surface area contributed by atoms with Crippen LogP contribution in [0.4, 0.5) is 0 Å². The van der Waals surface area contributed by atoms with Crippen molar-refractivity contribution in [2.24, 2.45) is 5.92 Å². The summed E-state index contributed by atoms with van der Waals surface area (Å²) in [5.74, 6) is 2.83. The Labute approximate surface area is 121 Å². The summed E-state index contributed by atoms with van der Waals surface area (Å²) in [6.45, 7) is 3.60. The maximum Gasteiger partial charge on any atom is 0.0108 e. The van der Waals surface area contributed by atoms with E-state index in [1.165, 1.54) is 49.3 Å². The molecular weight excluding hydrogens is 250 g/mol. The van der Waals surface area contributed by atoms with Gasteiger partial charge >= 0.3 is 0 Å². The number of hydrogen-bond acceptors (Lipinski definition) is 2. The second kappa shape index (κ2) is 6.32. The Kier molecular flexibility index (Phi) is 4.49. The number of nitrogens with one attached hydrogen (secondary N) is 1. The fourth-order valence-corrected chi connectivity index (χ4v) is 4.74. The zero-order valence-electron chi connectivity index (χ0n) is 11.9. The van der Waals surface area contributed by atoms with Crippen LogP contribution in [0.25, 0.3) is 0 Å². The first-order valence-corrected chi connectivity index (χ1v) is 8.78. The molecule has 0 amide bonds. The standard InChI is InChI=1S/C17H25NS/c1-13-7-3-2-4-9-16(13)18-11-14-12-19-17-10-6-5-8-15(14)17/h5-6,8,10,13-14,16,18H,2-4,7,9,11-12H2,1H3. The van der Waals surface area contributed by atoms with Crippen molar-refractivity contribution in [2.45, 2.75) is 55.9 Å². The summed E-state index contributed by atoms with van der Waals surface area (Å²) >= 11 is 2.03. The number of hydrogen-bond donors (Lipinski definition) is 1. The Morgan fingerprint density at radius 1 is 1.16 bits per heavy atom. The lowest BCUT2D eigenvalue weighted by atomic mass is 9.95. The van der Waals surface area contributed by atoms with Crippen LogP contribution in [0, 0.1) is 5.92 Å². The van der Waals surface area contributed by atoms with E-state index in [1.54, 1.807) is 5.56 Å². The minimum atomic E-state index is 0.719. The summed E-state index contributed by atoms with van der Waals surface area (Å²) in [5.41, 5.74) is 1.57. The van der Waals surface area contributed by atoms with Crippen LogP contribution in [-0.2, 0) is 0 Å². The number of benzene rings is 1. The van der Waals surface area contributed by atoms with Gasteiger partial charge in [-0.2, -0.15) is 0 Å². The smallest absolute Gasteiger partial charge is 0.0108 e. The predicted molar refractivity (Wildman–Crippen MR) is 83.9 cm³/mol. The summed E-state index contributed by atoms with van der Waals surface area (Å²) in [6, 6.07) is 9.69. The molecule has 1 N–H and O–H groups in total. The molecule has 3 atom stereocenters. The van der Waals surface area contributed by atoms with E-state index >= 15 is 0 Å². The van der Waals surface area contributed by atoms with Gasteiger partial charge in [0.05, 0.1) is 0 Å². The van der Waals surface area contributed by atoms with Gasteiger partial charge in [0.1, 0.15) is 0 Å². The third-order valence-electron chi connectivity index (χ3n) is 4.79. The average Bonchev–Trinajstić information content (AvgIpc) is 2.73. The van der Waals surface area contributed by atoms with Gasteiger partial charge in [-0.1, -0.05) is 44.4 Å². The molecule has 1 aromatic carbocycles. The molecule has 1 saturated carbocycles. The zero-order chi connectivity index (χ0) is 13.1. The maximum absolute atomic E-state index is 3.88. The average molecular weight is 275 g/mol. The number of fused-ring (bicyclic) bond motifs is 1. The van der Waals surface area contributed by atoms with Crippen LogP contribution in [-0.4, -0.2) is 18.3 Å². The van der Waals surface area contributed by atoms with Crippen molar-refractivity contribution in [3.05, 3.63) is 29.8 Å². The Balaban J connectivity index is 1.58. The van der Waals surface area contributed by atoms with Gasteiger partial charge in [-0.25, -0.2) is 0 Å². The molecule has 3 unspecified atom stereocenters. The van der Waals surface area contributed by atoms with E-state index in [0.29, 0.717) is 0 Å². The normalized spacial score (nSPS) is 30.9. The summed E-state index contributed by atoms with van der Waals surface area (Å²) in [4.78, 5) is 1.50. The molecule has 1 aliphatic carbocycles. The van der Waals surface area contributed by atoms with Crippen molar-refractivity contribution in [3.8, 4) is 0 Å². The molecule has 0 saturated heterocycles. The van der Waals surface area contributed by atoms with Gasteiger partial charge in [0.2, 0.25) is 0 Å². The zero-order valence-corrected chi connectivity index (χ0v) is 12.7. The minimum absolute atomic E-state index is 0.719. The fourth-order valence-electron chi connectivity index (χ4n) is 3.49. The van der Waals surface area contributed by atoms with E-state index in [4.69, 9.17) is 0 Å². The lowest BCUT2D eigenvalue weighted by Crippen LogP contribution is -2.37. The monoisotopic (exact) mass is 275 g/mol. The lowest BCUT2D eigenvalue weighted by Gasteiger charge is -2.24. The molecule has 1 aromatic rings. The third kappa shape index (κ3) is 3.17. The molecule has 0 radical (unpaired) electrons. The topological polar surface area (TPSA) is 12.0 Å². The van der Waals surface area contributed by atoms with Gasteiger partial charge < -0.3 is 5.32 Å². The largest absolute Gasteiger partial charge is 0.313 e. The molecule has 3 rings (SSSR count). The Morgan fingerprint density at radius 3 is 2.95 bits per heavy atom. The van der Waals surface area contributed by atoms with Crippen molar-refractivity contribution in [1.29, 1.82) is 0 Å². The fraction of sp³-hybridized carbons (Fsp3) is 0.647. The molecule has 19 heavy (non-hydrogen) atoms. The van der Waals surface area contributed by atoms with Crippen LogP contribution in [0.5, 0.6) is 0 Å². The van der Waals surface area contributed by atoms with Gasteiger partial charge in [0.15, 0.2) is 0 Å². The van der Waals surface area contributed by atoms with Crippen molar-refractivity contribution in [2.75, 3.05) is 12.3 Å². The first-order valence-electron chi connectivity index (χ1n) is 7.79. The molecule has 1 nitrogen and oxygen atoms in total. The molecule has 104 valence electrons. The second-order valence-electron chi connectivity index (χ2n) is 6.18. The first kappa shape index (κ1) is 13.5. The Morgan fingerprint density at radius 2 is 2.00 bits per heavy atom. The Hall–Kier alpha value is -0.470. The highest BCUT2D eigenvalue weighted by Crippen LogP contribution is 2.39. The molecule has 1 aliphatic heterocycles. The lowest BCUT2D eigenvalue weighted by molar-refractivity contribution is 0.352. The second-order valence-corrected chi connectivity index (χ2v) is 7.24. The van der Waals surface area contributed by atoms with E-state index < -0.39 is 0 Å². The molecule has 0 spiro atoms. The van der Waals surface area contributed by atoms with Crippen molar-refractivity contribution in [3.63, 3.8) is 0 Å². The highest BCUT2D eigenvalue weighted by Gasteiger charge is 2.25. The molecular formula is C17H25NS. The molecule has 0 aromatic heterocycles. The van der Waals surface area contributed by atoms with E-state index in [9.17, 15) is 0 Å². The Bertz CT molecular complexity index is 417. The molecule has 2 heteroatoms. The predicted octanol–water partition coefficient (Wildman–Crippen LogP) is 4.43. The maximum atomic E-state index is 3.88. The highest BCUT2D eigenvalue weighted by molar-refractivity contribution is 7.99. The van der Waals surface area contributed by atoms with Crippen LogP contribution in [0.1, 0.15) is 50.5 Å². The van der Waals surface area contributed by atoms with E-state index in [2.05, 4.69) is 36.5 Å². The minimum Gasteiger partial charge on any atom is -0.313 e. The molecule has 2 aliphatic rings. The first-order chi connectivity index (χ1) is 9.34. The SMILES string of the molecule is CC1CCCCCC1NCC1CSc2ccccc21. The highest BCUT2D eigenvalue weighted by atomic mass is 32.2. The summed E-state index contributed by atoms with van der Waals surface area (Å²) in [6.07, 6.45) is 7.07. The van der Waals surface area contributed by atoms with Gasteiger partial charge in [-0.15, -0.1) is 11.8 Å². The van der Waals surface area contributed by atoms with Gasteiger partial charge in [0.25, 0.3) is 0 Å². The third-order valence-corrected chi connectivity index (χ3v) is 6.04. The van der Waals surface area contributed by atoms with Gasteiger partial charge in [-0.3, -0.25) is 0 Å². The van der Waals surface area contributed by atoms with Crippen molar-refractivity contribution >= 4 is 11.8 Å². The molecule has 1 heterocycles. The summed E-state index contributed by atoms with van der Waals surface area (Å²) < 4.78 is 0. The van der Waals surface area contributed by atoms with E-state index in [0.717, 1.165) is 17.9 Å². The summed E-state index contributed by atoms with van der Waals surface area (Å²) in [5, 5.41) is 3.88. The van der Waals surface area contributed by atoms with Gasteiger partial charge in [-0.05, 0) is 30.4 Å². The quantitative estimate of drug-likeness (QED) is 0.819. The van der Waals surface area contributed by atoms with Crippen LogP contribution in [0.15, 0.2) is 29.2 Å².